The Kier molecular flexibility index (Phi) is 8.94. The summed E-state index contributed by atoms with van der Waals surface area (Å²) in [6.07, 6.45) is 4.25. The summed E-state index contributed by atoms with van der Waals surface area (Å²) in [7, 11) is 0. The molecule has 2 atom stereocenters. The number of carboxylic acids is 2. The van der Waals surface area contributed by atoms with Crippen molar-refractivity contribution in [2.75, 3.05) is 0 Å². The van der Waals surface area contributed by atoms with E-state index in [1.165, 1.54) is 12.8 Å². The van der Waals surface area contributed by atoms with Gasteiger partial charge in [-0.2, -0.15) is 12.1 Å². The molecule has 7 nitrogen and oxygen atoms in total. The fourth-order valence-corrected chi connectivity index (χ4v) is 2.01. The third kappa shape index (κ3) is 6.13. The molecule has 1 aliphatic carbocycles. The van der Waals surface area contributed by atoms with Gasteiger partial charge in [0, 0.05) is 5.56 Å². The Morgan fingerprint density at radius 2 is 1.59 bits per heavy atom. The molecule has 8 heteroatoms. The number of nitrogens with one attached hydrogen (secondary N) is 2. The first-order valence-electron chi connectivity index (χ1n) is 6.51. The number of hydrogen-bond donors (Lipinski definition) is 1. The van der Waals surface area contributed by atoms with Crippen molar-refractivity contribution in [2.24, 2.45) is 0 Å². The first-order valence-corrected chi connectivity index (χ1v) is 6.51. The Labute approximate surface area is 142 Å². The minimum atomic E-state index is -1.67. The molecule has 0 spiro atoms. The number of carboxylic acid groups (broad SMARTS) is 2. The van der Waals surface area contributed by atoms with Crippen LogP contribution in [0.3, 0.4) is 0 Å². The summed E-state index contributed by atoms with van der Waals surface area (Å²) < 4.78 is 0. The molecular weight excluding hydrogens is 471 g/mol. The van der Waals surface area contributed by atoms with Crippen LogP contribution in [0.15, 0.2) is 18.2 Å². The Bertz CT molecular complexity index is 514. The number of rotatable bonds is 2. The summed E-state index contributed by atoms with van der Waals surface area (Å²) in [5.74, 6) is -3.64. The van der Waals surface area contributed by atoms with Gasteiger partial charge in [-0.05, 0) is 6.07 Å². The van der Waals surface area contributed by atoms with Gasteiger partial charge in [0.15, 0.2) is 0 Å². The van der Waals surface area contributed by atoms with Gasteiger partial charge in [0.1, 0.15) is 0 Å². The van der Waals surface area contributed by atoms with Gasteiger partial charge in [-0.25, -0.2) is 4.79 Å². The Hall–Kier alpha value is -1.43. The molecule has 1 saturated carbocycles. The second-order valence-corrected chi connectivity index (χ2v) is 4.80. The van der Waals surface area contributed by atoms with Crippen molar-refractivity contribution in [1.82, 2.24) is 0 Å². The number of aromatic carboxylic acids is 2. The van der Waals surface area contributed by atoms with Crippen LogP contribution in [0.2, 0.25) is 0 Å². The van der Waals surface area contributed by atoms with Crippen molar-refractivity contribution in [3.63, 3.8) is 0 Å². The minimum Gasteiger partial charge on any atom is -0.872 e. The summed E-state index contributed by atoms with van der Waals surface area (Å²) in [5, 5.41) is 29.6. The van der Waals surface area contributed by atoms with E-state index >= 15 is 0 Å². The summed E-state index contributed by atoms with van der Waals surface area (Å²) in [6.45, 7) is 0. The predicted molar refractivity (Wildman–Crippen MR) is 71.9 cm³/mol. The maximum Gasteiger partial charge on any atom is 4.00 e. The molecule has 0 saturated heterocycles. The van der Waals surface area contributed by atoms with E-state index in [-0.39, 0.29) is 33.1 Å². The molecule has 22 heavy (non-hydrogen) atoms. The van der Waals surface area contributed by atoms with Crippen LogP contribution in [0.25, 0.3) is 11.5 Å². The molecule has 0 amide bonds. The molecule has 122 valence electrons. The number of carbonyl (C=O) groups is 2. The third-order valence-corrected chi connectivity index (χ3v) is 3.21. The Morgan fingerprint density at radius 3 is 1.95 bits per heavy atom. The molecule has 3 N–H and O–H groups in total. The van der Waals surface area contributed by atoms with Gasteiger partial charge >= 0.3 is 27.0 Å². The van der Waals surface area contributed by atoms with Gasteiger partial charge in [-0.3, -0.25) is 0 Å². The zero-order valence-corrected chi connectivity index (χ0v) is 13.9. The van der Waals surface area contributed by atoms with Crippen LogP contribution < -0.4 is 10.2 Å². The van der Waals surface area contributed by atoms with E-state index in [0.29, 0.717) is 0 Å². The van der Waals surface area contributed by atoms with Crippen molar-refractivity contribution >= 4 is 11.9 Å². The second-order valence-electron chi connectivity index (χ2n) is 4.80. The molecular formula is C14H16N2O5Pt. The van der Waals surface area contributed by atoms with Crippen LogP contribution in [0.5, 0.6) is 5.75 Å². The molecule has 1 fully saturated rings. The average molecular weight is 487 g/mol. The normalized spacial score (nSPS) is 20.1. The quantitative estimate of drug-likeness (QED) is 0.666. The van der Waals surface area contributed by atoms with E-state index in [9.17, 15) is 19.8 Å². The standard InChI is InChI=1S/C8H6O5.C6H12N2.Pt/c9-4-1-2-5(7(10)11)6(3-4)8(12)13;7-5-3-1-2-4-6(5)8;/h1-3,9H,(H,10,11)(H,12,13);5-8H,1-4H2;/q;-2;+4/p-2. The van der Waals surface area contributed by atoms with Crippen molar-refractivity contribution in [3.8, 4) is 5.75 Å². The number of carbonyl (C=O) groups excluding carboxylic acids is 1. The van der Waals surface area contributed by atoms with Gasteiger partial charge in [0.2, 0.25) is 0 Å². The molecule has 2 unspecified atom stereocenters. The van der Waals surface area contributed by atoms with Gasteiger partial charge in [0.05, 0.1) is 11.5 Å². The predicted octanol–water partition coefficient (Wildman–Crippen LogP) is 1.22. The van der Waals surface area contributed by atoms with Crippen molar-refractivity contribution < 1.29 is 46.0 Å². The molecule has 0 radical (unpaired) electrons. The van der Waals surface area contributed by atoms with E-state index in [2.05, 4.69) is 0 Å². The van der Waals surface area contributed by atoms with Gasteiger partial charge in [-0.15, -0.1) is 5.75 Å². The van der Waals surface area contributed by atoms with Crippen LogP contribution in [0.4, 0.5) is 0 Å². The van der Waals surface area contributed by atoms with E-state index in [1.54, 1.807) is 0 Å². The third-order valence-electron chi connectivity index (χ3n) is 3.21. The monoisotopic (exact) mass is 487 g/mol. The average Bonchev–Trinajstić information content (AvgIpc) is 2.42. The largest absolute Gasteiger partial charge is 4.00 e. The van der Waals surface area contributed by atoms with Gasteiger partial charge in [0.25, 0.3) is 0 Å². The summed E-state index contributed by atoms with van der Waals surface area (Å²) in [6, 6.07) is 2.48. The van der Waals surface area contributed by atoms with Crippen LogP contribution in [-0.2, 0) is 21.1 Å². The van der Waals surface area contributed by atoms with Crippen molar-refractivity contribution in [3.05, 3.63) is 40.8 Å². The number of benzene rings is 1. The zero-order valence-electron chi connectivity index (χ0n) is 11.6. The van der Waals surface area contributed by atoms with E-state index in [0.717, 1.165) is 31.0 Å². The molecule has 0 heterocycles. The first-order chi connectivity index (χ1) is 9.82. The van der Waals surface area contributed by atoms with E-state index in [4.69, 9.17) is 16.6 Å². The first kappa shape index (κ1) is 20.6. The van der Waals surface area contributed by atoms with Gasteiger partial charge in [-0.1, -0.05) is 37.8 Å². The SMILES string of the molecule is O=C([O-])c1cc([O-])ccc1C(=O)O.[NH-]C1CCCCC1[NH-].[Pt+4]. The van der Waals surface area contributed by atoms with Crippen LogP contribution in [0.1, 0.15) is 46.4 Å². The molecule has 0 bridgehead atoms. The van der Waals surface area contributed by atoms with Crippen LogP contribution in [-0.4, -0.2) is 29.1 Å². The molecule has 0 aromatic heterocycles. The molecule has 1 aromatic rings. The Morgan fingerprint density at radius 1 is 1.09 bits per heavy atom. The Balaban J connectivity index is 0.000000423. The van der Waals surface area contributed by atoms with Gasteiger partial charge < -0.3 is 31.6 Å². The molecule has 2 rings (SSSR count). The molecule has 1 aromatic carbocycles. The molecule has 0 aliphatic heterocycles. The second kappa shape index (κ2) is 9.56. The maximum atomic E-state index is 10.7. The van der Waals surface area contributed by atoms with E-state index in [1.807, 2.05) is 0 Å². The van der Waals surface area contributed by atoms with Crippen molar-refractivity contribution in [1.29, 1.82) is 0 Å². The number of hydrogen-bond acceptors (Lipinski definition) is 4. The molecule has 1 aliphatic rings. The maximum absolute atomic E-state index is 10.7. The van der Waals surface area contributed by atoms with Crippen LogP contribution >= 0.6 is 0 Å². The van der Waals surface area contributed by atoms with Crippen LogP contribution in [0, 0.1) is 0 Å². The van der Waals surface area contributed by atoms with E-state index < -0.39 is 28.8 Å². The summed E-state index contributed by atoms with van der Waals surface area (Å²) >= 11 is 0. The fraction of sp³-hybridized carbons (Fsp3) is 0.429. The minimum absolute atomic E-state index is 0. The smallest absolute Gasteiger partial charge is 0.872 e. The fourth-order valence-electron chi connectivity index (χ4n) is 2.01. The topological polar surface area (TPSA) is 148 Å². The summed E-state index contributed by atoms with van der Waals surface area (Å²) in [4.78, 5) is 20.8. The zero-order chi connectivity index (χ0) is 16.0. The summed E-state index contributed by atoms with van der Waals surface area (Å²) in [5.41, 5.74) is 13.5. The van der Waals surface area contributed by atoms with Crippen molar-refractivity contribution in [2.45, 2.75) is 37.8 Å².